The van der Waals surface area contributed by atoms with Gasteiger partial charge in [0.25, 0.3) is 0 Å². The average molecular weight is 198 g/mol. The Bertz CT molecular complexity index is 478. The summed E-state index contributed by atoms with van der Waals surface area (Å²) in [6, 6.07) is 8.32. The molecular formula is C13H14N2. The van der Waals surface area contributed by atoms with E-state index in [1.54, 1.807) is 0 Å². The van der Waals surface area contributed by atoms with E-state index < -0.39 is 0 Å². The molecule has 0 bridgehead atoms. The minimum Gasteiger partial charge on any atom is -0.272 e. The van der Waals surface area contributed by atoms with Gasteiger partial charge in [-0.2, -0.15) is 5.10 Å². The molecule has 0 saturated heterocycles. The van der Waals surface area contributed by atoms with Crippen LogP contribution in [-0.4, -0.2) is 9.78 Å². The van der Waals surface area contributed by atoms with E-state index in [-0.39, 0.29) is 0 Å². The van der Waals surface area contributed by atoms with Crippen molar-refractivity contribution in [3.05, 3.63) is 48.3 Å². The molecule has 2 nitrogen and oxygen atoms in total. The van der Waals surface area contributed by atoms with Gasteiger partial charge in [-0.1, -0.05) is 36.9 Å². The third-order valence-corrected chi connectivity index (χ3v) is 2.69. The van der Waals surface area contributed by atoms with Crippen LogP contribution < -0.4 is 0 Å². The van der Waals surface area contributed by atoms with E-state index in [4.69, 9.17) is 0 Å². The highest BCUT2D eigenvalue weighted by atomic mass is 15.3. The molecule has 1 aromatic carbocycles. The second kappa shape index (κ2) is 3.73. The van der Waals surface area contributed by atoms with E-state index in [1.807, 2.05) is 24.0 Å². The van der Waals surface area contributed by atoms with Crippen LogP contribution in [0.1, 0.15) is 11.3 Å². The van der Waals surface area contributed by atoms with E-state index in [1.165, 1.54) is 16.8 Å². The lowest BCUT2D eigenvalue weighted by Crippen LogP contribution is -1.92. The van der Waals surface area contributed by atoms with Gasteiger partial charge in [-0.3, -0.25) is 4.68 Å². The van der Waals surface area contributed by atoms with Gasteiger partial charge >= 0.3 is 0 Å². The lowest BCUT2D eigenvalue weighted by atomic mass is 10.1. The molecule has 1 aromatic heterocycles. The first-order valence-electron chi connectivity index (χ1n) is 4.94. The Labute approximate surface area is 89.9 Å². The van der Waals surface area contributed by atoms with E-state index in [2.05, 4.69) is 42.9 Å². The molecule has 0 radical (unpaired) electrons. The predicted octanol–water partition coefficient (Wildman–Crippen LogP) is 3.04. The van der Waals surface area contributed by atoms with Gasteiger partial charge in [-0.05, 0) is 18.1 Å². The summed E-state index contributed by atoms with van der Waals surface area (Å²) in [6.45, 7) is 5.81. The fourth-order valence-corrected chi connectivity index (χ4v) is 1.58. The molecule has 2 rings (SSSR count). The lowest BCUT2D eigenvalue weighted by Gasteiger charge is -2.01. The maximum atomic E-state index is 4.23. The number of benzene rings is 1. The van der Waals surface area contributed by atoms with Crippen LogP contribution in [0.3, 0.4) is 0 Å². The summed E-state index contributed by atoms with van der Waals surface area (Å²) in [7, 11) is 1.96. The van der Waals surface area contributed by atoms with Crippen molar-refractivity contribution in [1.29, 1.82) is 0 Å². The topological polar surface area (TPSA) is 17.8 Å². The SMILES string of the molecule is C=Cc1ccc(-c2cnn(C)c2C)cc1. The van der Waals surface area contributed by atoms with Crippen LogP contribution >= 0.6 is 0 Å². The van der Waals surface area contributed by atoms with Gasteiger partial charge in [-0.25, -0.2) is 0 Å². The molecule has 2 heteroatoms. The summed E-state index contributed by atoms with van der Waals surface area (Å²) < 4.78 is 1.89. The minimum atomic E-state index is 1.14. The number of hydrogen-bond donors (Lipinski definition) is 0. The monoisotopic (exact) mass is 198 g/mol. The van der Waals surface area contributed by atoms with Crippen LogP contribution in [0.25, 0.3) is 17.2 Å². The molecule has 0 fully saturated rings. The summed E-state index contributed by atoms with van der Waals surface area (Å²) in [5.41, 5.74) is 4.71. The average Bonchev–Trinajstić information content (AvgIpc) is 2.60. The third kappa shape index (κ3) is 1.71. The Hall–Kier alpha value is -1.83. The molecule has 0 aliphatic rings. The zero-order valence-electron chi connectivity index (χ0n) is 9.07. The molecule has 0 aliphatic carbocycles. The van der Waals surface area contributed by atoms with Crippen molar-refractivity contribution < 1.29 is 0 Å². The molecule has 0 unspecified atom stereocenters. The molecule has 0 spiro atoms. The fraction of sp³-hybridized carbons (Fsp3) is 0.154. The first kappa shape index (κ1) is 9.71. The Balaban J connectivity index is 2.45. The van der Waals surface area contributed by atoms with Crippen molar-refractivity contribution in [3.63, 3.8) is 0 Å². The van der Waals surface area contributed by atoms with Crippen molar-refractivity contribution in [3.8, 4) is 11.1 Å². The van der Waals surface area contributed by atoms with E-state index in [0.717, 1.165) is 5.56 Å². The van der Waals surface area contributed by atoms with E-state index >= 15 is 0 Å². The van der Waals surface area contributed by atoms with Crippen LogP contribution in [0.2, 0.25) is 0 Å². The van der Waals surface area contributed by atoms with Crippen molar-refractivity contribution in [2.75, 3.05) is 0 Å². The molecule has 0 N–H and O–H groups in total. The normalized spacial score (nSPS) is 10.3. The van der Waals surface area contributed by atoms with Crippen LogP contribution in [-0.2, 0) is 7.05 Å². The molecule has 0 amide bonds. The highest BCUT2D eigenvalue weighted by molar-refractivity contribution is 5.66. The highest BCUT2D eigenvalue weighted by Gasteiger charge is 2.05. The summed E-state index contributed by atoms with van der Waals surface area (Å²) in [6.07, 6.45) is 3.75. The van der Waals surface area contributed by atoms with Gasteiger partial charge < -0.3 is 0 Å². The Morgan fingerprint density at radius 1 is 1.27 bits per heavy atom. The summed E-state index contributed by atoms with van der Waals surface area (Å²) >= 11 is 0. The number of nitrogens with zero attached hydrogens (tertiary/aromatic N) is 2. The molecule has 0 saturated carbocycles. The number of aryl methyl sites for hydroxylation is 1. The maximum Gasteiger partial charge on any atom is 0.0571 e. The predicted molar refractivity (Wildman–Crippen MR) is 63.5 cm³/mol. The smallest absolute Gasteiger partial charge is 0.0571 e. The largest absolute Gasteiger partial charge is 0.272 e. The van der Waals surface area contributed by atoms with Crippen molar-refractivity contribution >= 4 is 6.08 Å². The first-order chi connectivity index (χ1) is 7.22. The molecule has 15 heavy (non-hydrogen) atoms. The van der Waals surface area contributed by atoms with Gasteiger partial charge in [0.1, 0.15) is 0 Å². The summed E-state index contributed by atoms with van der Waals surface area (Å²) in [5.74, 6) is 0. The van der Waals surface area contributed by atoms with Crippen molar-refractivity contribution in [2.24, 2.45) is 7.05 Å². The van der Waals surface area contributed by atoms with Gasteiger partial charge in [0.05, 0.1) is 6.20 Å². The summed E-state index contributed by atoms with van der Waals surface area (Å²) in [4.78, 5) is 0. The Kier molecular flexibility index (Phi) is 2.42. The molecule has 1 heterocycles. The van der Waals surface area contributed by atoms with Crippen molar-refractivity contribution in [1.82, 2.24) is 9.78 Å². The zero-order chi connectivity index (χ0) is 10.8. The molecule has 2 aromatic rings. The van der Waals surface area contributed by atoms with Gasteiger partial charge in [-0.15, -0.1) is 0 Å². The standard InChI is InChI=1S/C13H14N2/c1-4-11-5-7-12(8-6-11)13-9-14-15(3)10(13)2/h4-9H,1H2,2-3H3. The minimum absolute atomic E-state index is 1.14. The third-order valence-electron chi connectivity index (χ3n) is 2.69. The second-order valence-electron chi connectivity index (χ2n) is 3.59. The quantitative estimate of drug-likeness (QED) is 0.725. The van der Waals surface area contributed by atoms with Crippen LogP contribution in [0.5, 0.6) is 0 Å². The van der Waals surface area contributed by atoms with Gasteiger partial charge in [0.15, 0.2) is 0 Å². The van der Waals surface area contributed by atoms with Gasteiger partial charge in [0.2, 0.25) is 0 Å². The van der Waals surface area contributed by atoms with Gasteiger partial charge in [0, 0.05) is 18.3 Å². The highest BCUT2D eigenvalue weighted by Crippen LogP contribution is 2.22. The first-order valence-corrected chi connectivity index (χ1v) is 4.94. The van der Waals surface area contributed by atoms with Crippen LogP contribution in [0, 0.1) is 6.92 Å². The second-order valence-corrected chi connectivity index (χ2v) is 3.59. The zero-order valence-corrected chi connectivity index (χ0v) is 9.07. The van der Waals surface area contributed by atoms with E-state index in [9.17, 15) is 0 Å². The Morgan fingerprint density at radius 2 is 1.93 bits per heavy atom. The van der Waals surface area contributed by atoms with E-state index in [0.29, 0.717) is 0 Å². The number of hydrogen-bond acceptors (Lipinski definition) is 1. The maximum absolute atomic E-state index is 4.23. The number of rotatable bonds is 2. The molecular weight excluding hydrogens is 184 g/mol. The fourth-order valence-electron chi connectivity index (χ4n) is 1.58. The summed E-state index contributed by atoms with van der Waals surface area (Å²) in [5, 5.41) is 4.23. The lowest BCUT2D eigenvalue weighted by molar-refractivity contribution is 0.740. The van der Waals surface area contributed by atoms with Crippen LogP contribution in [0.4, 0.5) is 0 Å². The molecule has 0 aliphatic heterocycles. The molecule has 76 valence electrons. The molecule has 0 atom stereocenters. The van der Waals surface area contributed by atoms with Crippen LogP contribution in [0.15, 0.2) is 37.0 Å². The Morgan fingerprint density at radius 3 is 2.40 bits per heavy atom. The van der Waals surface area contributed by atoms with Crippen molar-refractivity contribution in [2.45, 2.75) is 6.92 Å². The number of aromatic nitrogens is 2.